The molecule has 0 bridgehead atoms. The molecule has 5 nitrogen and oxygen atoms in total. The van der Waals surface area contributed by atoms with E-state index in [2.05, 4.69) is 16.0 Å². The fourth-order valence-electron chi connectivity index (χ4n) is 2.69. The van der Waals surface area contributed by atoms with E-state index in [0.717, 1.165) is 5.52 Å². The van der Waals surface area contributed by atoms with Crippen molar-refractivity contribution in [3.05, 3.63) is 71.9 Å². The number of ether oxygens (including phenoxy) is 1. The molecule has 1 aromatic heterocycles. The number of esters is 1. The smallest absolute Gasteiger partial charge is 0.338 e. The minimum Gasteiger partial charge on any atom is -0.465 e. The third kappa shape index (κ3) is 3.15. The Morgan fingerprint density at radius 1 is 1.00 bits per heavy atom. The van der Waals surface area contributed by atoms with E-state index in [9.17, 15) is 9.59 Å². The molecule has 1 heterocycles. The number of carbonyl (C=O) groups excluding carboxylic acids is 2. The summed E-state index contributed by atoms with van der Waals surface area (Å²) < 4.78 is 6.80. The van der Waals surface area contributed by atoms with Crippen LogP contribution in [0.4, 0.5) is 0 Å². The third-order valence-electron chi connectivity index (χ3n) is 3.90. The Hall–Kier alpha value is -3.08. The number of benzene rings is 2. The molecule has 0 unspecified atom stereocenters. The Morgan fingerprint density at radius 3 is 2.50 bits per heavy atom. The summed E-state index contributed by atoms with van der Waals surface area (Å²) >= 11 is 0. The number of para-hydroxylation sites is 1. The van der Waals surface area contributed by atoms with Crippen LogP contribution in [0.2, 0.25) is 0 Å². The molecule has 3 rings (SSSR count). The second-order valence-electron chi connectivity index (χ2n) is 5.36. The lowest BCUT2D eigenvalue weighted by Gasteiger charge is -2.10. The molecule has 0 fully saturated rings. The highest BCUT2D eigenvalue weighted by Gasteiger charge is 2.16. The number of hydrogen-bond acceptors (Lipinski definition) is 3. The van der Waals surface area contributed by atoms with Gasteiger partial charge >= 0.3 is 5.97 Å². The quantitative estimate of drug-likeness (QED) is 0.735. The van der Waals surface area contributed by atoms with Crippen LogP contribution >= 0.6 is 0 Å². The normalized spacial score (nSPS) is 10.5. The fraction of sp³-hybridized carbons (Fsp3) is 0.158. The van der Waals surface area contributed by atoms with Crippen LogP contribution in [0.15, 0.2) is 60.8 Å². The lowest BCUT2D eigenvalue weighted by molar-refractivity contribution is 0.0596. The molecular weight excluding hydrogens is 304 g/mol. The van der Waals surface area contributed by atoms with Gasteiger partial charge in [-0.15, -0.1) is 0 Å². The van der Waals surface area contributed by atoms with Gasteiger partial charge < -0.3 is 14.6 Å². The number of hydrogen-bond donors (Lipinski definition) is 1. The summed E-state index contributed by atoms with van der Waals surface area (Å²) in [4.78, 5) is 24.1. The first-order chi connectivity index (χ1) is 11.7. The number of rotatable bonds is 5. The van der Waals surface area contributed by atoms with Crippen molar-refractivity contribution in [3.8, 4) is 0 Å². The summed E-state index contributed by atoms with van der Waals surface area (Å²) in [6.07, 6.45) is 2.00. The Balaban J connectivity index is 1.67. The molecule has 1 amide bonds. The summed E-state index contributed by atoms with van der Waals surface area (Å²) in [5.41, 5.74) is 1.72. The minimum absolute atomic E-state index is 0.268. The molecule has 0 aliphatic heterocycles. The van der Waals surface area contributed by atoms with E-state index in [4.69, 9.17) is 4.74 Å². The number of fused-ring (bicyclic) bond motifs is 1. The average Bonchev–Trinajstić information content (AvgIpc) is 3.04. The first kappa shape index (κ1) is 15.8. The van der Waals surface area contributed by atoms with E-state index in [1.54, 1.807) is 24.3 Å². The molecule has 0 atom stereocenters. The summed E-state index contributed by atoms with van der Waals surface area (Å²) in [5.74, 6) is -0.801. The molecule has 5 heteroatoms. The van der Waals surface area contributed by atoms with Crippen LogP contribution in [0.3, 0.4) is 0 Å². The molecule has 0 saturated carbocycles. The SMILES string of the molecule is COC(=O)c1ccccc1C(=O)NCCn1ccc2ccccc21. The van der Waals surface area contributed by atoms with Crippen molar-refractivity contribution >= 4 is 22.8 Å². The van der Waals surface area contributed by atoms with Crippen LogP contribution < -0.4 is 5.32 Å². The van der Waals surface area contributed by atoms with E-state index in [1.165, 1.54) is 12.5 Å². The Labute approximate surface area is 139 Å². The van der Waals surface area contributed by atoms with Gasteiger partial charge in [0.2, 0.25) is 0 Å². The molecule has 24 heavy (non-hydrogen) atoms. The highest BCUT2D eigenvalue weighted by atomic mass is 16.5. The summed E-state index contributed by atoms with van der Waals surface area (Å²) in [7, 11) is 1.30. The van der Waals surface area contributed by atoms with E-state index < -0.39 is 5.97 Å². The van der Waals surface area contributed by atoms with Gasteiger partial charge in [-0.2, -0.15) is 0 Å². The van der Waals surface area contributed by atoms with Gasteiger partial charge in [0.1, 0.15) is 0 Å². The summed E-state index contributed by atoms with van der Waals surface area (Å²) in [6.45, 7) is 1.12. The van der Waals surface area contributed by atoms with Gasteiger partial charge in [-0.1, -0.05) is 30.3 Å². The largest absolute Gasteiger partial charge is 0.465 e. The van der Waals surface area contributed by atoms with Crippen molar-refractivity contribution < 1.29 is 14.3 Å². The number of carbonyl (C=O) groups is 2. The van der Waals surface area contributed by atoms with Crippen molar-refractivity contribution in [1.82, 2.24) is 9.88 Å². The zero-order valence-electron chi connectivity index (χ0n) is 13.4. The third-order valence-corrected chi connectivity index (χ3v) is 3.90. The van der Waals surface area contributed by atoms with Gasteiger partial charge in [-0.05, 0) is 29.7 Å². The van der Waals surface area contributed by atoms with Crippen LogP contribution in [-0.4, -0.2) is 30.1 Å². The standard InChI is InChI=1S/C19H18N2O3/c1-24-19(23)16-8-4-3-7-15(16)18(22)20-11-13-21-12-10-14-6-2-5-9-17(14)21/h2-10,12H,11,13H2,1H3,(H,20,22). The summed E-state index contributed by atoms with van der Waals surface area (Å²) in [5, 5.41) is 4.02. The molecule has 2 aromatic carbocycles. The predicted molar refractivity (Wildman–Crippen MR) is 92.1 cm³/mol. The van der Waals surface area contributed by atoms with Crippen LogP contribution in [-0.2, 0) is 11.3 Å². The van der Waals surface area contributed by atoms with Crippen molar-refractivity contribution in [3.63, 3.8) is 0 Å². The summed E-state index contributed by atoms with van der Waals surface area (Å²) in [6, 6.07) is 16.8. The van der Waals surface area contributed by atoms with E-state index >= 15 is 0 Å². The van der Waals surface area contributed by atoms with Gasteiger partial charge in [0.15, 0.2) is 0 Å². The zero-order chi connectivity index (χ0) is 16.9. The molecular formula is C19H18N2O3. The van der Waals surface area contributed by atoms with Crippen LogP contribution in [0.5, 0.6) is 0 Å². The average molecular weight is 322 g/mol. The maximum atomic E-state index is 12.3. The number of methoxy groups -OCH3 is 1. The Bertz CT molecular complexity index is 883. The van der Waals surface area contributed by atoms with Gasteiger partial charge in [0.25, 0.3) is 5.91 Å². The molecule has 0 aliphatic carbocycles. The monoisotopic (exact) mass is 322 g/mol. The van der Waals surface area contributed by atoms with Gasteiger partial charge in [-0.3, -0.25) is 4.79 Å². The highest BCUT2D eigenvalue weighted by molar-refractivity contribution is 6.05. The second-order valence-corrected chi connectivity index (χ2v) is 5.36. The Morgan fingerprint density at radius 2 is 1.71 bits per heavy atom. The molecule has 1 N–H and O–H groups in total. The number of amides is 1. The zero-order valence-corrected chi connectivity index (χ0v) is 13.4. The van der Waals surface area contributed by atoms with Crippen LogP contribution in [0.1, 0.15) is 20.7 Å². The molecule has 3 aromatic rings. The number of nitrogens with zero attached hydrogens (tertiary/aromatic N) is 1. The van der Waals surface area contributed by atoms with Crippen LogP contribution in [0, 0.1) is 0 Å². The molecule has 0 saturated heterocycles. The van der Waals surface area contributed by atoms with E-state index in [-0.39, 0.29) is 11.5 Å². The first-order valence-electron chi connectivity index (χ1n) is 7.70. The topological polar surface area (TPSA) is 60.3 Å². The maximum absolute atomic E-state index is 12.3. The number of nitrogens with one attached hydrogen (secondary N) is 1. The van der Waals surface area contributed by atoms with Crippen molar-refractivity contribution in [2.45, 2.75) is 6.54 Å². The second kappa shape index (κ2) is 7.00. The van der Waals surface area contributed by atoms with Gasteiger partial charge in [0.05, 0.1) is 18.2 Å². The van der Waals surface area contributed by atoms with Crippen LogP contribution in [0.25, 0.3) is 10.9 Å². The maximum Gasteiger partial charge on any atom is 0.338 e. The molecule has 0 spiro atoms. The van der Waals surface area contributed by atoms with Crippen molar-refractivity contribution in [2.75, 3.05) is 13.7 Å². The number of aromatic nitrogens is 1. The lowest BCUT2D eigenvalue weighted by atomic mass is 10.1. The van der Waals surface area contributed by atoms with E-state index in [0.29, 0.717) is 18.7 Å². The fourth-order valence-corrected chi connectivity index (χ4v) is 2.69. The minimum atomic E-state index is -0.517. The van der Waals surface area contributed by atoms with Crippen molar-refractivity contribution in [2.24, 2.45) is 0 Å². The van der Waals surface area contributed by atoms with Crippen molar-refractivity contribution in [1.29, 1.82) is 0 Å². The lowest BCUT2D eigenvalue weighted by Crippen LogP contribution is -2.28. The first-order valence-corrected chi connectivity index (χ1v) is 7.70. The van der Waals surface area contributed by atoms with E-state index in [1.807, 2.05) is 30.5 Å². The molecule has 0 aliphatic rings. The predicted octanol–water partition coefficient (Wildman–Crippen LogP) is 2.86. The molecule has 0 radical (unpaired) electrons. The molecule has 122 valence electrons. The Kier molecular flexibility index (Phi) is 4.61. The highest BCUT2D eigenvalue weighted by Crippen LogP contribution is 2.14. The van der Waals surface area contributed by atoms with Gasteiger partial charge in [0, 0.05) is 24.8 Å². The van der Waals surface area contributed by atoms with Gasteiger partial charge in [-0.25, -0.2) is 4.79 Å².